The summed E-state index contributed by atoms with van der Waals surface area (Å²) in [6.07, 6.45) is 0. The van der Waals surface area contributed by atoms with Gasteiger partial charge in [-0.05, 0) is 63.4 Å². The normalized spacial score (nSPS) is 12.2. The molecule has 0 saturated carbocycles. The zero-order chi connectivity index (χ0) is 14.9. The lowest BCUT2D eigenvalue weighted by Gasteiger charge is -2.20. The molecule has 2 rings (SSSR count). The van der Waals surface area contributed by atoms with E-state index in [1.807, 2.05) is 32.9 Å². The van der Waals surface area contributed by atoms with Crippen molar-refractivity contribution < 1.29 is 5.11 Å². The van der Waals surface area contributed by atoms with Gasteiger partial charge in [-0.1, -0.05) is 6.07 Å². The van der Waals surface area contributed by atoms with Crippen LogP contribution in [0.15, 0.2) is 24.3 Å². The van der Waals surface area contributed by atoms with Crippen LogP contribution in [0.4, 0.5) is 5.69 Å². The van der Waals surface area contributed by atoms with Crippen LogP contribution in [0, 0.1) is 27.7 Å². The molecule has 0 aliphatic carbocycles. The van der Waals surface area contributed by atoms with Crippen molar-refractivity contribution in [3.8, 4) is 5.75 Å². The molecule has 0 aliphatic heterocycles. The summed E-state index contributed by atoms with van der Waals surface area (Å²) in [5.74, 6) is 0.317. The standard InChI is InChI=1S/C17H22N2O/c1-10-6-7-15(9-16(10)20)19-14(5)17-11(2)8-12(3)18-13(17)4/h6-9,14,19-20H,1-5H3. The Balaban J connectivity index is 2.28. The van der Waals surface area contributed by atoms with Crippen LogP contribution in [-0.2, 0) is 0 Å². The Labute approximate surface area is 120 Å². The second-order valence-electron chi connectivity index (χ2n) is 5.45. The van der Waals surface area contributed by atoms with E-state index in [9.17, 15) is 5.11 Å². The van der Waals surface area contributed by atoms with Gasteiger partial charge in [0.15, 0.2) is 0 Å². The van der Waals surface area contributed by atoms with Gasteiger partial charge in [-0.3, -0.25) is 4.98 Å². The summed E-state index contributed by atoms with van der Waals surface area (Å²) < 4.78 is 0. The molecule has 1 heterocycles. The SMILES string of the molecule is Cc1cc(C)c(C(C)Nc2ccc(C)c(O)c2)c(C)n1. The van der Waals surface area contributed by atoms with Crippen molar-refractivity contribution in [1.29, 1.82) is 0 Å². The molecule has 0 spiro atoms. The molecule has 2 N–H and O–H groups in total. The fourth-order valence-corrected chi connectivity index (χ4v) is 2.71. The zero-order valence-electron chi connectivity index (χ0n) is 12.8. The number of aromatic nitrogens is 1. The number of phenolic OH excluding ortho intramolecular Hbond substituents is 1. The zero-order valence-corrected chi connectivity index (χ0v) is 12.8. The summed E-state index contributed by atoms with van der Waals surface area (Å²) in [4.78, 5) is 4.54. The molecule has 0 radical (unpaired) electrons. The topological polar surface area (TPSA) is 45.1 Å². The van der Waals surface area contributed by atoms with Gasteiger partial charge in [-0.25, -0.2) is 0 Å². The summed E-state index contributed by atoms with van der Waals surface area (Å²) in [6.45, 7) is 10.2. The minimum absolute atomic E-state index is 0.144. The van der Waals surface area contributed by atoms with Gasteiger partial charge in [-0.15, -0.1) is 0 Å². The molecule has 0 fully saturated rings. The van der Waals surface area contributed by atoms with E-state index in [0.717, 1.165) is 22.6 Å². The van der Waals surface area contributed by atoms with Gasteiger partial charge >= 0.3 is 0 Å². The number of benzene rings is 1. The lowest BCUT2D eigenvalue weighted by Crippen LogP contribution is -2.11. The van der Waals surface area contributed by atoms with Crippen LogP contribution >= 0.6 is 0 Å². The van der Waals surface area contributed by atoms with Crippen LogP contribution in [-0.4, -0.2) is 10.1 Å². The van der Waals surface area contributed by atoms with Crippen LogP contribution in [0.3, 0.4) is 0 Å². The van der Waals surface area contributed by atoms with Crippen molar-refractivity contribution in [1.82, 2.24) is 4.98 Å². The number of hydrogen-bond donors (Lipinski definition) is 2. The number of aryl methyl sites for hydroxylation is 4. The summed E-state index contributed by atoms with van der Waals surface area (Å²) in [5, 5.41) is 13.2. The van der Waals surface area contributed by atoms with Crippen molar-refractivity contribution in [2.75, 3.05) is 5.32 Å². The van der Waals surface area contributed by atoms with E-state index in [1.54, 1.807) is 6.07 Å². The van der Waals surface area contributed by atoms with Crippen molar-refractivity contribution in [3.63, 3.8) is 0 Å². The first-order valence-electron chi connectivity index (χ1n) is 6.89. The van der Waals surface area contributed by atoms with Gasteiger partial charge in [0.25, 0.3) is 0 Å². The molecule has 0 bridgehead atoms. The molecule has 1 atom stereocenters. The monoisotopic (exact) mass is 270 g/mol. The average molecular weight is 270 g/mol. The van der Waals surface area contributed by atoms with E-state index in [2.05, 4.69) is 30.2 Å². The Morgan fingerprint density at radius 1 is 1.05 bits per heavy atom. The third-order valence-corrected chi connectivity index (χ3v) is 3.61. The average Bonchev–Trinajstić information content (AvgIpc) is 2.32. The van der Waals surface area contributed by atoms with Crippen LogP contribution < -0.4 is 5.32 Å². The maximum Gasteiger partial charge on any atom is 0.120 e. The molecular weight excluding hydrogens is 248 g/mol. The highest BCUT2D eigenvalue weighted by atomic mass is 16.3. The molecule has 1 aromatic heterocycles. The predicted octanol–water partition coefficient (Wildman–Crippen LogP) is 4.19. The van der Waals surface area contributed by atoms with Gasteiger partial charge in [0.05, 0.1) is 6.04 Å². The highest BCUT2D eigenvalue weighted by Crippen LogP contribution is 2.27. The van der Waals surface area contributed by atoms with E-state index < -0.39 is 0 Å². The number of nitrogens with one attached hydrogen (secondary N) is 1. The fourth-order valence-electron chi connectivity index (χ4n) is 2.71. The summed E-state index contributed by atoms with van der Waals surface area (Å²) in [6, 6.07) is 7.91. The van der Waals surface area contributed by atoms with Crippen molar-refractivity contribution in [2.45, 2.75) is 40.7 Å². The Morgan fingerprint density at radius 3 is 2.35 bits per heavy atom. The Morgan fingerprint density at radius 2 is 1.75 bits per heavy atom. The number of anilines is 1. The van der Waals surface area contributed by atoms with Crippen molar-refractivity contribution in [2.24, 2.45) is 0 Å². The minimum Gasteiger partial charge on any atom is -0.508 e. The summed E-state index contributed by atoms with van der Waals surface area (Å²) >= 11 is 0. The Bertz CT molecular complexity index is 612. The third kappa shape index (κ3) is 2.93. The van der Waals surface area contributed by atoms with Crippen LogP contribution in [0.2, 0.25) is 0 Å². The molecule has 3 nitrogen and oxygen atoms in total. The molecule has 1 unspecified atom stereocenters. The maximum absolute atomic E-state index is 9.78. The number of nitrogens with zero attached hydrogens (tertiary/aromatic N) is 1. The largest absolute Gasteiger partial charge is 0.508 e. The smallest absolute Gasteiger partial charge is 0.120 e. The fraction of sp³-hybridized carbons (Fsp3) is 0.353. The van der Waals surface area contributed by atoms with Gasteiger partial charge in [0.1, 0.15) is 5.75 Å². The van der Waals surface area contributed by atoms with Gasteiger partial charge in [-0.2, -0.15) is 0 Å². The molecule has 106 valence electrons. The van der Waals surface area contributed by atoms with Crippen LogP contribution in [0.1, 0.15) is 41.0 Å². The minimum atomic E-state index is 0.144. The number of hydrogen-bond acceptors (Lipinski definition) is 3. The quantitative estimate of drug-likeness (QED) is 0.878. The van der Waals surface area contributed by atoms with E-state index in [0.29, 0.717) is 5.75 Å². The number of phenols is 1. The van der Waals surface area contributed by atoms with Gasteiger partial charge < -0.3 is 10.4 Å². The second-order valence-corrected chi connectivity index (χ2v) is 5.45. The predicted molar refractivity (Wildman–Crippen MR) is 83.3 cm³/mol. The van der Waals surface area contributed by atoms with E-state index >= 15 is 0 Å². The first-order valence-corrected chi connectivity index (χ1v) is 6.89. The maximum atomic E-state index is 9.78. The van der Waals surface area contributed by atoms with E-state index in [-0.39, 0.29) is 6.04 Å². The lowest BCUT2D eigenvalue weighted by atomic mass is 10.00. The van der Waals surface area contributed by atoms with Gasteiger partial charge in [0.2, 0.25) is 0 Å². The van der Waals surface area contributed by atoms with Crippen molar-refractivity contribution in [3.05, 3.63) is 52.3 Å². The molecule has 1 aromatic carbocycles. The van der Waals surface area contributed by atoms with Crippen LogP contribution in [0.5, 0.6) is 5.75 Å². The lowest BCUT2D eigenvalue weighted by molar-refractivity contribution is 0.471. The second kappa shape index (κ2) is 5.53. The first kappa shape index (κ1) is 14.4. The Kier molecular flexibility index (Phi) is 3.98. The molecule has 20 heavy (non-hydrogen) atoms. The third-order valence-electron chi connectivity index (χ3n) is 3.61. The molecule has 2 aromatic rings. The highest BCUT2D eigenvalue weighted by molar-refractivity contribution is 5.53. The Hall–Kier alpha value is -2.03. The summed E-state index contributed by atoms with van der Waals surface area (Å²) in [7, 11) is 0. The number of aromatic hydroxyl groups is 1. The molecule has 0 saturated heterocycles. The van der Waals surface area contributed by atoms with Crippen molar-refractivity contribution >= 4 is 5.69 Å². The van der Waals surface area contributed by atoms with Gasteiger partial charge in [0, 0.05) is 23.1 Å². The molecule has 0 aliphatic rings. The first-order chi connectivity index (χ1) is 9.38. The summed E-state index contributed by atoms with van der Waals surface area (Å²) in [5.41, 5.74) is 6.36. The number of pyridine rings is 1. The molecule has 3 heteroatoms. The van der Waals surface area contributed by atoms with E-state index in [4.69, 9.17) is 0 Å². The van der Waals surface area contributed by atoms with E-state index in [1.165, 1.54) is 11.1 Å². The molecular formula is C17H22N2O. The molecule has 0 amide bonds. The van der Waals surface area contributed by atoms with Crippen LogP contribution in [0.25, 0.3) is 0 Å². The highest BCUT2D eigenvalue weighted by Gasteiger charge is 2.13. The number of rotatable bonds is 3.